The van der Waals surface area contributed by atoms with Crippen molar-refractivity contribution in [2.24, 2.45) is 0 Å². The van der Waals surface area contributed by atoms with E-state index in [0.29, 0.717) is 0 Å². The van der Waals surface area contributed by atoms with Gasteiger partial charge in [0.15, 0.2) is 0 Å². The summed E-state index contributed by atoms with van der Waals surface area (Å²) >= 11 is 0. The third kappa shape index (κ3) is 3.90. The van der Waals surface area contributed by atoms with Gasteiger partial charge in [-0.2, -0.15) is 0 Å². The van der Waals surface area contributed by atoms with E-state index in [4.69, 9.17) is 0 Å². The maximum atomic E-state index is 12.4. The molecular formula is C18H21N5O. The molecule has 0 radical (unpaired) electrons. The Balaban J connectivity index is 1.64. The molecule has 1 atom stereocenters. The van der Waals surface area contributed by atoms with Gasteiger partial charge in [0, 0.05) is 42.9 Å². The zero-order valence-corrected chi connectivity index (χ0v) is 13.7. The number of rotatable bonds is 7. The van der Waals surface area contributed by atoms with Crippen molar-refractivity contribution in [3.8, 4) is 11.4 Å². The number of nitrogens with zero attached hydrogens (tertiary/aromatic N) is 4. The van der Waals surface area contributed by atoms with Crippen LogP contribution in [0.1, 0.15) is 13.3 Å². The SMILES string of the molecule is CCC(Cn1ccnc1)NC(=O)Cn1ccnc1-c1ccccc1. The lowest BCUT2D eigenvalue weighted by molar-refractivity contribution is -0.122. The second-order valence-corrected chi connectivity index (χ2v) is 5.68. The Bertz CT molecular complexity index is 764. The summed E-state index contributed by atoms with van der Waals surface area (Å²) in [6.45, 7) is 3.04. The van der Waals surface area contributed by atoms with Crippen molar-refractivity contribution in [1.29, 1.82) is 0 Å². The molecule has 0 spiro atoms. The number of nitrogens with one attached hydrogen (secondary N) is 1. The van der Waals surface area contributed by atoms with Gasteiger partial charge in [-0.25, -0.2) is 9.97 Å². The third-order valence-electron chi connectivity index (χ3n) is 3.91. The molecule has 0 aliphatic heterocycles. The summed E-state index contributed by atoms with van der Waals surface area (Å²) in [4.78, 5) is 20.8. The van der Waals surface area contributed by atoms with Gasteiger partial charge in [-0.05, 0) is 6.42 Å². The molecule has 2 heterocycles. The first-order valence-electron chi connectivity index (χ1n) is 8.08. The van der Waals surface area contributed by atoms with E-state index in [0.717, 1.165) is 24.4 Å². The van der Waals surface area contributed by atoms with Crippen LogP contribution in [0.4, 0.5) is 0 Å². The molecule has 1 unspecified atom stereocenters. The first-order chi connectivity index (χ1) is 11.8. The Morgan fingerprint density at radius 1 is 1.21 bits per heavy atom. The zero-order chi connectivity index (χ0) is 16.8. The maximum Gasteiger partial charge on any atom is 0.240 e. The van der Waals surface area contributed by atoms with Gasteiger partial charge in [0.05, 0.1) is 6.33 Å². The van der Waals surface area contributed by atoms with E-state index < -0.39 is 0 Å². The highest BCUT2D eigenvalue weighted by molar-refractivity contribution is 5.76. The third-order valence-corrected chi connectivity index (χ3v) is 3.91. The van der Waals surface area contributed by atoms with Gasteiger partial charge in [0.25, 0.3) is 0 Å². The minimum absolute atomic E-state index is 0.0165. The summed E-state index contributed by atoms with van der Waals surface area (Å²) in [5.74, 6) is 0.783. The average molecular weight is 323 g/mol. The van der Waals surface area contributed by atoms with Crippen molar-refractivity contribution >= 4 is 5.91 Å². The fraction of sp³-hybridized carbons (Fsp3) is 0.278. The molecule has 0 saturated heterocycles. The lowest BCUT2D eigenvalue weighted by Gasteiger charge is -2.18. The largest absolute Gasteiger partial charge is 0.350 e. The standard InChI is InChI=1S/C18H21N5O/c1-2-16(12-22-10-8-19-14-22)21-17(24)13-23-11-9-20-18(23)15-6-4-3-5-7-15/h3-11,14,16H,2,12-13H2,1H3,(H,21,24). The quantitative estimate of drug-likeness (QED) is 0.726. The number of imidazole rings is 2. The van der Waals surface area contributed by atoms with E-state index in [1.54, 1.807) is 18.7 Å². The van der Waals surface area contributed by atoms with E-state index >= 15 is 0 Å². The molecule has 1 N–H and O–H groups in total. The Hall–Kier alpha value is -2.89. The number of carbonyl (C=O) groups excluding carboxylic acids is 1. The van der Waals surface area contributed by atoms with E-state index in [-0.39, 0.29) is 18.5 Å². The van der Waals surface area contributed by atoms with Gasteiger partial charge in [-0.15, -0.1) is 0 Å². The Morgan fingerprint density at radius 2 is 2.04 bits per heavy atom. The van der Waals surface area contributed by atoms with Crippen LogP contribution in [0.25, 0.3) is 11.4 Å². The number of carbonyl (C=O) groups is 1. The summed E-state index contributed by atoms with van der Waals surface area (Å²) in [5.41, 5.74) is 1.00. The Kier molecular flexibility index (Phi) is 5.05. The molecule has 0 aliphatic rings. The monoisotopic (exact) mass is 323 g/mol. The number of amides is 1. The summed E-state index contributed by atoms with van der Waals surface area (Å²) in [7, 11) is 0. The molecule has 0 saturated carbocycles. The molecule has 3 rings (SSSR count). The average Bonchev–Trinajstić information content (AvgIpc) is 3.27. The van der Waals surface area contributed by atoms with Gasteiger partial charge in [0.2, 0.25) is 5.91 Å². The van der Waals surface area contributed by atoms with Crippen LogP contribution >= 0.6 is 0 Å². The van der Waals surface area contributed by atoms with Gasteiger partial charge >= 0.3 is 0 Å². The number of hydrogen-bond acceptors (Lipinski definition) is 3. The first kappa shape index (κ1) is 16.0. The van der Waals surface area contributed by atoms with Crippen molar-refractivity contribution in [2.45, 2.75) is 32.5 Å². The van der Waals surface area contributed by atoms with Crippen molar-refractivity contribution in [3.63, 3.8) is 0 Å². The van der Waals surface area contributed by atoms with Crippen LogP contribution in [0.15, 0.2) is 61.4 Å². The predicted molar refractivity (Wildman–Crippen MR) is 92.1 cm³/mol. The molecular weight excluding hydrogens is 302 g/mol. The molecule has 0 fully saturated rings. The summed E-state index contributed by atoms with van der Waals surface area (Å²) in [6, 6.07) is 9.95. The van der Waals surface area contributed by atoms with Gasteiger partial charge < -0.3 is 14.5 Å². The Morgan fingerprint density at radius 3 is 2.75 bits per heavy atom. The highest BCUT2D eigenvalue weighted by Crippen LogP contribution is 2.16. The zero-order valence-electron chi connectivity index (χ0n) is 13.7. The van der Waals surface area contributed by atoms with Crippen molar-refractivity contribution in [3.05, 3.63) is 61.4 Å². The molecule has 2 aromatic heterocycles. The van der Waals surface area contributed by atoms with Crippen LogP contribution in [0.2, 0.25) is 0 Å². The van der Waals surface area contributed by atoms with Gasteiger partial charge in [0.1, 0.15) is 12.4 Å². The fourth-order valence-corrected chi connectivity index (χ4v) is 2.64. The molecule has 1 amide bonds. The normalized spacial score (nSPS) is 12.0. The van der Waals surface area contributed by atoms with Gasteiger partial charge in [-0.1, -0.05) is 37.3 Å². The highest BCUT2D eigenvalue weighted by atomic mass is 16.2. The van der Waals surface area contributed by atoms with E-state index in [1.165, 1.54) is 0 Å². The first-order valence-corrected chi connectivity index (χ1v) is 8.08. The topological polar surface area (TPSA) is 64.7 Å². The molecule has 0 bridgehead atoms. The highest BCUT2D eigenvalue weighted by Gasteiger charge is 2.13. The van der Waals surface area contributed by atoms with Gasteiger partial charge in [-0.3, -0.25) is 4.79 Å². The van der Waals surface area contributed by atoms with E-state index in [1.807, 2.05) is 51.9 Å². The fourth-order valence-electron chi connectivity index (χ4n) is 2.64. The van der Waals surface area contributed by atoms with Crippen LogP contribution in [-0.4, -0.2) is 31.1 Å². The van der Waals surface area contributed by atoms with Crippen LogP contribution in [-0.2, 0) is 17.9 Å². The molecule has 124 valence electrons. The van der Waals surface area contributed by atoms with Crippen LogP contribution in [0.5, 0.6) is 0 Å². The number of aromatic nitrogens is 4. The minimum atomic E-state index is -0.0165. The predicted octanol–water partition coefficient (Wildman–Crippen LogP) is 2.34. The Labute approximate surface area is 141 Å². The maximum absolute atomic E-state index is 12.4. The second kappa shape index (κ2) is 7.59. The van der Waals surface area contributed by atoms with Crippen molar-refractivity contribution in [2.75, 3.05) is 0 Å². The van der Waals surface area contributed by atoms with E-state index in [9.17, 15) is 4.79 Å². The van der Waals surface area contributed by atoms with Crippen molar-refractivity contribution < 1.29 is 4.79 Å². The van der Waals surface area contributed by atoms with Crippen LogP contribution in [0.3, 0.4) is 0 Å². The number of benzene rings is 1. The van der Waals surface area contributed by atoms with Crippen LogP contribution < -0.4 is 5.32 Å². The molecule has 0 aliphatic carbocycles. The summed E-state index contributed by atoms with van der Waals surface area (Å²) in [6.07, 6.45) is 9.82. The van der Waals surface area contributed by atoms with Crippen molar-refractivity contribution in [1.82, 2.24) is 24.4 Å². The molecule has 3 aromatic rings. The lowest BCUT2D eigenvalue weighted by atomic mass is 10.2. The minimum Gasteiger partial charge on any atom is -0.350 e. The number of hydrogen-bond donors (Lipinski definition) is 1. The summed E-state index contributed by atoms with van der Waals surface area (Å²) in [5, 5.41) is 3.09. The summed E-state index contributed by atoms with van der Waals surface area (Å²) < 4.78 is 3.84. The molecule has 24 heavy (non-hydrogen) atoms. The molecule has 6 nitrogen and oxygen atoms in total. The second-order valence-electron chi connectivity index (χ2n) is 5.68. The lowest BCUT2D eigenvalue weighted by Crippen LogP contribution is -2.39. The molecule has 6 heteroatoms. The molecule has 1 aromatic carbocycles. The van der Waals surface area contributed by atoms with E-state index in [2.05, 4.69) is 22.2 Å². The van der Waals surface area contributed by atoms with Crippen LogP contribution in [0, 0.1) is 0 Å². The smallest absolute Gasteiger partial charge is 0.240 e.